The number of halogens is 2. The summed E-state index contributed by atoms with van der Waals surface area (Å²) >= 11 is 12.3. The van der Waals surface area contributed by atoms with Crippen LogP contribution in [0.5, 0.6) is 11.5 Å². The predicted molar refractivity (Wildman–Crippen MR) is 84.7 cm³/mol. The van der Waals surface area contributed by atoms with Gasteiger partial charge in [-0.05, 0) is 23.8 Å². The Morgan fingerprint density at radius 2 is 1.62 bits per heavy atom. The van der Waals surface area contributed by atoms with Crippen LogP contribution in [0.2, 0.25) is 10.0 Å². The van der Waals surface area contributed by atoms with Gasteiger partial charge >= 0.3 is 0 Å². The summed E-state index contributed by atoms with van der Waals surface area (Å²) in [6, 6.07) is 10.6. The molecule has 2 aromatic carbocycles. The molecule has 21 heavy (non-hydrogen) atoms. The normalized spacial score (nSPS) is 12.0. The molecule has 0 spiro atoms. The molecule has 1 atom stereocenters. The molecule has 0 aliphatic carbocycles. The number of hydrogen-bond acceptors (Lipinski definition) is 3. The number of aliphatic hydroxyl groups excluding tert-OH is 1. The molecule has 2 rings (SSSR count). The van der Waals surface area contributed by atoms with E-state index < -0.39 is 6.10 Å². The first-order chi connectivity index (χ1) is 10.1. The maximum absolute atomic E-state index is 10.5. The van der Waals surface area contributed by atoms with Crippen molar-refractivity contribution in [2.24, 2.45) is 0 Å². The Morgan fingerprint density at radius 1 is 1.00 bits per heavy atom. The summed E-state index contributed by atoms with van der Waals surface area (Å²) in [4.78, 5) is 0. The zero-order valence-electron chi connectivity index (χ0n) is 11.8. The van der Waals surface area contributed by atoms with E-state index in [1.807, 2.05) is 0 Å². The Kier molecular flexibility index (Phi) is 5.34. The van der Waals surface area contributed by atoms with Crippen molar-refractivity contribution >= 4 is 23.2 Å². The summed E-state index contributed by atoms with van der Waals surface area (Å²) in [7, 11) is 3.09. The summed E-state index contributed by atoms with van der Waals surface area (Å²) in [5, 5.41) is 11.6. The smallest absolute Gasteiger partial charge is 0.166 e. The highest BCUT2D eigenvalue weighted by Gasteiger charge is 2.19. The molecule has 5 heteroatoms. The Morgan fingerprint density at radius 3 is 2.19 bits per heavy atom. The van der Waals surface area contributed by atoms with E-state index in [1.54, 1.807) is 43.5 Å². The van der Waals surface area contributed by atoms with Crippen LogP contribution in [-0.2, 0) is 6.42 Å². The van der Waals surface area contributed by atoms with Crippen LogP contribution < -0.4 is 9.47 Å². The second kappa shape index (κ2) is 7.03. The van der Waals surface area contributed by atoms with Gasteiger partial charge in [0.2, 0.25) is 0 Å². The molecule has 0 saturated carbocycles. The second-order valence-corrected chi connectivity index (χ2v) is 5.32. The van der Waals surface area contributed by atoms with Gasteiger partial charge in [0.05, 0.1) is 20.3 Å². The van der Waals surface area contributed by atoms with Crippen molar-refractivity contribution in [3.8, 4) is 11.5 Å². The number of aliphatic hydroxyl groups is 1. The summed E-state index contributed by atoms with van der Waals surface area (Å²) in [5.41, 5.74) is 1.34. The van der Waals surface area contributed by atoms with E-state index in [2.05, 4.69) is 0 Å². The molecule has 0 aliphatic rings. The van der Waals surface area contributed by atoms with Crippen LogP contribution in [0.15, 0.2) is 36.4 Å². The van der Waals surface area contributed by atoms with Crippen molar-refractivity contribution in [3.63, 3.8) is 0 Å². The summed E-state index contributed by atoms with van der Waals surface area (Å²) in [6.45, 7) is 0. The van der Waals surface area contributed by atoms with E-state index >= 15 is 0 Å². The number of rotatable bonds is 5. The first-order valence-corrected chi connectivity index (χ1v) is 7.16. The van der Waals surface area contributed by atoms with Crippen LogP contribution in [0.1, 0.15) is 17.2 Å². The average molecular weight is 327 g/mol. The molecule has 0 radical (unpaired) electrons. The van der Waals surface area contributed by atoms with Gasteiger partial charge < -0.3 is 14.6 Å². The Balaban J connectivity index is 2.35. The molecule has 0 fully saturated rings. The minimum atomic E-state index is -0.799. The molecular formula is C16H16Cl2O3. The highest BCUT2D eigenvalue weighted by Crippen LogP contribution is 2.37. The van der Waals surface area contributed by atoms with Crippen LogP contribution in [0, 0.1) is 0 Å². The second-order valence-electron chi connectivity index (χ2n) is 4.50. The van der Waals surface area contributed by atoms with Crippen molar-refractivity contribution in [2.75, 3.05) is 14.2 Å². The fraction of sp³-hybridized carbons (Fsp3) is 0.250. The molecule has 0 heterocycles. The lowest BCUT2D eigenvalue weighted by atomic mass is 10.00. The third-order valence-electron chi connectivity index (χ3n) is 3.25. The molecule has 1 N–H and O–H groups in total. The lowest BCUT2D eigenvalue weighted by Gasteiger charge is -2.18. The molecule has 112 valence electrons. The molecule has 1 unspecified atom stereocenters. The zero-order chi connectivity index (χ0) is 15.4. The highest BCUT2D eigenvalue weighted by molar-refractivity contribution is 6.36. The molecular weight excluding hydrogens is 311 g/mol. The first-order valence-electron chi connectivity index (χ1n) is 6.40. The van der Waals surface area contributed by atoms with Crippen LogP contribution in [0.25, 0.3) is 0 Å². The van der Waals surface area contributed by atoms with Crippen LogP contribution in [0.4, 0.5) is 0 Å². The van der Waals surface area contributed by atoms with Gasteiger partial charge in [-0.3, -0.25) is 0 Å². The summed E-state index contributed by atoms with van der Waals surface area (Å²) in [5.74, 6) is 1.08. The van der Waals surface area contributed by atoms with Crippen molar-refractivity contribution in [2.45, 2.75) is 12.5 Å². The van der Waals surface area contributed by atoms with Gasteiger partial charge in [0, 0.05) is 22.0 Å². The monoisotopic (exact) mass is 326 g/mol. The fourth-order valence-corrected chi connectivity index (χ4v) is 2.76. The molecule has 0 amide bonds. The van der Waals surface area contributed by atoms with Gasteiger partial charge in [0.25, 0.3) is 0 Å². The standard InChI is InChI=1S/C16H16Cl2O3/c1-20-15-8-3-5-10(16(15)21-2)14(19)9-11-12(17)6-4-7-13(11)18/h3-8,14,19H,9H2,1-2H3. The lowest BCUT2D eigenvalue weighted by molar-refractivity contribution is 0.173. The van der Waals surface area contributed by atoms with Crippen molar-refractivity contribution in [3.05, 3.63) is 57.6 Å². The molecule has 0 aromatic heterocycles. The first kappa shape index (κ1) is 16.0. The summed E-state index contributed by atoms with van der Waals surface area (Å²) in [6.07, 6.45) is -0.505. The fourth-order valence-electron chi connectivity index (χ4n) is 2.21. The van der Waals surface area contributed by atoms with Gasteiger partial charge in [-0.15, -0.1) is 0 Å². The Hall–Kier alpha value is -1.42. The number of hydrogen-bond donors (Lipinski definition) is 1. The lowest BCUT2D eigenvalue weighted by Crippen LogP contribution is -2.06. The Labute approximate surface area is 134 Å². The van der Waals surface area contributed by atoms with Crippen molar-refractivity contribution < 1.29 is 14.6 Å². The number of benzene rings is 2. The quantitative estimate of drug-likeness (QED) is 0.890. The molecule has 3 nitrogen and oxygen atoms in total. The maximum atomic E-state index is 10.5. The third-order valence-corrected chi connectivity index (χ3v) is 3.96. The third kappa shape index (κ3) is 3.43. The van der Waals surface area contributed by atoms with E-state index in [0.29, 0.717) is 39.1 Å². The van der Waals surface area contributed by atoms with Gasteiger partial charge in [0.15, 0.2) is 11.5 Å². The van der Waals surface area contributed by atoms with Crippen molar-refractivity contribution in [1.29, 1.82) is 0 Å². The molecule has 0 bridgehead atoms. The van der Waals surface area contributed by atoms with Gasteiger partial charge in [-0.1, -0.05) is 41.4 Å². The molecule has 2 aromatic rings. The predicted octanol–water partition coefficient (Wildman–Crippen LogP) is 4.29. The van der Waals surface area contributed by atoms with Crippen LogP contribution in [0.3, 0.4) is 0 Å². The van der Waals surface area contributed by atoms with Crippen molar-refractivity contribution in [1.82, 2.24) is 0 Å². The maximum Gasteiger partial charge on any atom is 0.166 e. The molecule has 0 saturated heterocycles. The van der Waals surface area contributed by atoms with E-state index in [-0.39, 0.29) is 0 Å². The van der Waals surface area contributed by atoms with E-state index in [9.17, 15) is 5.11 Å². The molecule has 0 aliphatic heterocycles. The Bertz CT molecular complexity index is 609. The van der Waals surface area contributed by atoms with E-state index in [1.165, 1.54) is 7.11 Å². The highest BCUT2D eigenvalue weighted by atomic mass is 35.5. The minimum absolute atomic E-state index is 0.294. The van der Waals surface area contributed by atoms with E-state index in [4.69, 9.17) is 32.7 Å². The minimum Gasteiger partial charge on any atom is -0.493 e. The number of para-hydroxylation sites is 1. The van der Waals surface area contributed by atoms with E-state index in [0.717, 1.165) is 0 Å². The zero-order valence-corrected chi connectivity index (χ0v) is 13.3. The van der Waals surface area contributed by atoms with Gasteiger partial charge in [0.1, 0.15) is 0 Å². The van der Waals surface area contributed by atoms with Crippen LogP contribution >= 0.6 is 23.2 Å². The largest absolute Gasteiger partial charge is 0.493 e. The SMILES string of the molecule is COc1cccc(C(O)Cc2c(Cl)cccc2Cl)c1OC. The topological polar surface area (TPSA) is 38.7 Å². The van der Waals surface area contributed by atoms with Gasteiger partial charge in [-0.2, -0.15) is 0 Å². The van der Waals surface area contributed by atoms with Crippen LogP contribution in [-0.4, -0.2) is 19.3 Å². The number of ether oxygens (including phenoxy) is 2. The average Bonchev–Trinajstić information content (AvgIpc) is 2.49. The van der Waals surface area contributed by atoms with Gasteiger partial charge in [-0.25, -0.2) is 0 Å². The number of methoxy groups -OCH3 is 2. The summed E-state index contributed by atoms with van der Waals surface area (Å²) < 4.78 is 10.6.